The lowest BCUT2D eigenvalue weighted by Crippen LogP contribution is -2.21. The molecule has 3 heteroatoms. The second-order valence-electron chi connectivity index (χ2n) is 4.43. The van der Waals surface area contributed by atoms with Gasteiger partial charge in [-0.2, -0.15) is 0 Å². The standard InChI is InChI=1S/C13H16N2O/c1-8-5-9(2)10-7-12(13(16)15(3)4)14-11(10)6-8/h5-7,14H,1-4H3. The van der Waals surface area contributed by atoms with Gasteiger partial charge in [-0.05, 0) is 37.1 Å². The van der Waals surface area contributed by atoms with Gasteiger partial charge in [0.15, 0.2) is 0 Å². The highest BCUT2D eigenvalue weighted by Gasteiger charge is 2.12. The molecule has 0 saturated heterocycles. The van der Waals surface area contributed by atoms with E-state index < -0.39 is 0 Å². The van der Waals surface area contributed by atoms with Gasteiger partial charge in [0.05, 0.1) is 0 Å². The van der Waals surface area contributed by atoms with Crippen molar-refractivity contribution in [1.29, 1.82) is 0 Å². The SMILES string of the molecule is Cc1cc(C)c2cc(C(=O)N(C)C)[nH]c2c1. The number of carbonyl (C=O) groups is 1. The van der Waals surface area contributed by atoms with Crippen LogP contribution in [0.4, 0.5) is 0 Å². The summed E-state index contributed by atoms with van der Waals surface area (Å²) < 4.78 is 0. The van der Waals surface area contributed by atoms with E-state index in [0.29, 0.717) is 5.69 Å². The molecule has 0 bridgehead atoms. The van der Waals surface area contributed by atoms with Crippen LogP contribution in [0.3, 0.4) is 0 Å². The molecule has 0 saturated carbocycles. The Morgan fingerprint density at radius 1 is 1.19 bits per heavy atom. The zero-order valence-electron chi connectivity index (χ0n) is 10.1. The number of amides is 1. The summed E-state index contributed by atoms with van der Waals surface area (Å²) in [5.74, 6) is 0.00764. The van der Waals surface area contributed by atoms with Crippen LogP contribution in [0.1, 0.15) is 21.6 Å². The first-order valence-electron chi connectivity index (χ1n) is 5.30. The average Bonchev–Trinajstić information content (AvgIpc) is 2.60. The van der Waals surface area contributed by atoms with Crippen LogP contribution in [-0.4, -0.2) is 29.9 Å². The van der Waals surface area contributed by atoms with E-state index in [0.717, 1.165) is 10.9 Å². The predicted molar refractivity (Wildman–Crippen MR) is 65.8 cm³/mol. The molecule has 1 heterocycles. The first kappa shape index (κ1) is 10.7. The molecule has 0 aliphatic carbocycles. The number of aromatic amines is 1. The molecule has 0 aliphatic rings. The summed E-state index contributed by atoms with van der Waals surface area (Å²) in [6, 6.07) is 6.11. The van der Waals surface area contributed by atoms with Crippen molar-refractivity contribution < 1.29 is 4.79 Å². The van der Waals surface area contributed by atoms with E-state index in [1.165, 1.54) is 11.1 Å². The highest BCUT2D eigenvalue weighted by molar-refractivity contribution is 5.98. The fourth-order valence-corrected chi connectivity index (χ4v) is 1.96. The summed E-state index contributed by atoms with van der Waals surface area (Å²) in [5, 5.41) is 1.12. The molecule has 0 fully saturated rings. The van der Waals surface area contributed by atoms with Gasteiger partial charge in [0.2, 0.25) is 0 Å². The van der Waals surface area contributed by atoms with Gasteiger partial charge in [-0.25, -0.2) is 0 Å². The number of aromatic nitrogens is 1. The highest BCUT2D eigenvalue weighted by Crippen LogP contribution is 2.21. The second kappa shape index (κ2) is 3.67. The van der Waals surface area contributed by atoms with Crippen molar-refractivity contribution in [3.05, 3.63) is 35.0 Å². The Morgan fingerprint density at radius 2 is 1.88 bits per heavy atom. The summed E-state index contributed by atoms with van der Waals surface area (Å²) in [6.45, 7) is 4.12. The van der Waals surface area contributed by atoms with Crippen molar-refractivity contribution in [3.8, 4) is 0 Å². The largest absolute Gasteiger partial charge is 0.351 e. The zero-order chi connectivity index (χ0) is 11.9. The smallest absolute Gasteiger partial charge is 0.269 e. The quantitative estimate of drug-likeness (QED) is 0.781. The molecule has 84 valence electrons. The monoisotopic (exact) mass is 216 g/mol. The third-order valence-corrected chi connectivity index (χ3v) is 2.73. The minimum atomic E-state index is 0.00764. The van der Waals surface area contributed by atoms with Crippen LogP contribution < -0.4 is 0 Å². The van der Waals surface area contributed by atoms with Crippen LogP contribution in [0.5, 0.6) is 0 Å². The maximum absolute atomic E-state index is 11.8. The van der Waals surface area contributed by atoms with Gasteiger partial charge >= 0.3 is 0 Å². The maximum atomic E-state index is 11.8. The number of fused-ring (bicyclic) bond motifs is 1. The van der Waals surface area contributed by atoms with E-state index in [9.17, 15) is 4.79 Å². The molecule has 1 aromatic carbocycles. The zero-order valence-corrected chi connectivity index (χ0v) is 10.1. The Kier molecular flexibility index (Phi) is 2.46. The summed E-state index contributed by atoms with van der Waals surface area (Å²) in [5.41, 5.74) is 4.08. The number of rotatable bonds is 1. The molecule has 0 unspecified atom stereocenters. The Morgan fingerprint density at radius 3 is 2.50 bits per heavy atom. The first-order chi connectivity index (χ1) is 7.49. The Hall–Kier alpha value is -1.77. The van der Waals surface area contributed by atoms with Gasteiger partial charge < -0.3 is 9.88 Å². The normalized spacial score (nSPS) is 10.8. The Bertz CT molecular complexity index is 552. The molecule has 0 radical (unpaired) electrons. The van der Waals surface area contributed by atoms with Gasteiger partial charge in [-0.3, -0.25) is 4.79 Å². The molecular weight excluding hydrogens is 200 g/mol. The van der Waals surface area contributed by atoms with E-state index >= 15 is 0 Å². The number of hydrogen-bond donors (Lipinski definition) is 1. The fourth-order valence-electron chi connectivity index (χ4n) is 1.96. The molecule has 3 nitrogen and oxygen atoms in total. The summed E-state index contributed by atoms with van der Waals surface area (Å²) >= 11 is 0. The highest BCUT2D eigenvalue weighted by atomic mass is 16.2. The van der Waals surface area contributed by atoms with E-state index in [1.807, 2.05) is 6.07 Å². The third-order valence-electron chi connectivity index (χ3n) is 2.73. The summed E-state index contributed by atoms with van der Waals surface area (Å²) in [6.07, 6.45) is 0. The van der Waals surface area contributed by atoms with Crippen LogP contribution >= 0.6 is 0 Å². The van der Waals surface area contributed by atoms with E-state index in [4.69, 9.17) is 0 Å². The Balaban J connectivity index is 2.60. The minimum absolute atomic E-state index is 0.00764. The number of hydrogen-bond acceptors (Lipinski definition) is 1. The van der Waals surface area contributed by atoms with E-state index in [1.54, 1.807) is 19.0 Å². The van der Waals surface area contributed by atoms with Gasteiger partial charge in [0, 0.05) is 25.0 Å². The number of H-pyrrole nitrogens is 1. The van der Waals surface area contributed by atoms with Crippen LogP contribution in [0.15, 0.2) is 18.2 Å². The molecular formula is C13H16N2O. The number of aryl methyl sites for hydroxylation is 2. The molecule has 16 heavy (non-hydrogen) atoms. The van der Waals surface area contributed by atoms with Crippen LogP contribution in [0.2, 0.25) is 0 Å². The number of nitrogens with one attached hydrogen (secondary N) is 1. The van der Waals surface area contributed by atoms with Gasteiger partial charge in [-0.15, -0.1) is 0 Å². The molecule has 2 rings (SSSR count). The van der Waals surface area contributed by atoms with Crippen molar-refractivity contribution in [2.24, 2.45) is 0 Å². The third kappa shape index (κ3) is 1.69. The number of nitrogens with zero attached hydrogens (tertiary/aromatic N) is 1. The lowest BCUT2D eigenvalue weighted by molar-refractivity contribution is 0.0823. The van der Waals surface area contributed by atoms with Crippen molar-refractivity contribution in [2.75, 3.05) is 14.1 Å². The van der Waals surface area contributed by atoms with Gasteiger partial charge in [-0.1, -0.05) is 6.07 Å². The molecule has 0 atom stereocenters. The second-order valence-corrected chi connectivity index (χ2v) is 4.43. The van der Waals surface area contributed by atoms with Crippen LogP contribution in [0, 0.1) is 13.8 Å². The number of benzene rings is 1. The van der Waals surface area contributed by atoms with Gasteiger partial charge in [0.1, 0.15) is 5.69 Å². The predicted octanol–water partition coefficient (Wildman–Crippen LogP) is 2.49. The Labute approximate surface area is 95.1 Å². The van der Waals surface area contributed by atoms with Crippen molar-refractivity contribution in [1.82, 2.24) is 9.88 Å². The average molecular weight is 216 g/mol. The molecule has 1 amide bonds. The first-order valence-corrected chi connectivity index (χ1v) is 5.30. The van der Waals surface area contributed by atoms with Crippen molar-refractivity contribution in [3.63, 3.8) is 0 Å². The fraction of sp³-hybridized carbons (Fsp3) is 0.308. The van der Waals surface area contributed by atoms with E-state index in [-0.39, 0.29) is 5.91 Å². The minimum Gasteiger partial charge on any atom is -0.351 e. The molecule has 0 spiro atoms. The molecule has 0 aliphatic heterocycles. The summed E-state index contributed by atoms with van der Waals surface area (Å²) in [4.78, 5) is 16.5. The van der Waals surface area contributed by atoms with E-state index in [2.05, 4.69) is 31.0 Å². The van der Waals surface area contributed by atoms with Gasteiger partial charge in [0.25, 0.3) is 5.91 Å². The number of carbonyl (C=O) groups excluding carboxylic acids is 1. The summed E-state index contributed by atoms with van der Waals surface area (Å²) in [7, 11) is 3.51. The maximum Gasteiger partial charge on any atom is 0.269 e. The van der Waals surface area contributed by atoms with Crippen molar-refractivity contribution >= 4 is 16.8 Å². The molecule has 1 aromatic heterocycles. The van der Waals surface area contributed by atoms with Crippen LogP contribution in [0.25, 0.3) is 10.9 Å². The lowest BCUT2D eigenvalue weighted by Gasteiger charge is -2.07. The van der Waals surface area contributed by atoms with Crippen molar-refractivity contribution in [2.45, 2.75) is 13.8 Å². The molecule has 1 N–H and O–H groups in total. The van der Waals surface area contributed by atoms with Crippen LogP contribution in [-0.2, 0) is 0 Å². The molecule has 2 aromatic rings. The topological polar surface area (TPSA) is 36.1 Å². The lowest BCUT2D eigenvalue weighted by atomic mass is 10.1.